The molecule has 0 radical (unpaired) electrons. The van der Waals surface area contributed by atoms with Crippen LogP contribution in [0, 0.1) is 0 Å². The van der Waals surface area contributed by atoms with Crippen LogP contribution in [0.2, 0.25) is 0 Å². The molecule has 3 rings (SSSR count). The molecule has 1 aliphatic carbocycles. The molecule has 0 bridgehead atoms. The first kappa shape index (κ1) is 21.6. The van der Waals surface area contributed by atoms with Crippen LogP contribution in [0.25, 0.3) is 0 Å². The topological polar surface area (TPSA) is 73.3 Å². The van der Waals surface area contributed by atoms with Crippen LogP contribution in [-0.4, -0.2) is 84.8 Å². The molecule has 0 atom stereocenters. The Balaban J connectivity index is 1.84. The maximum Gasteiger partial charge on any atom is 0.323 e. The summed E-state index contributed by atoms with van der Waals surface area (Å²) in [5.41, 5.74) is 0.945. The number of benzene rings is 1. The molecule has 1 N–H and O–H groups in total. The standard InChI is InChI=1S/C22H33N3O4/c1-23(2)22(18-8-5-4-6-9-18)12-10-21(11-13-22)17-24(16-19(26)27)20(28)25(21)14-7-15-29-3/h4-6,8-9H,7,10-17H2,1-3H3,(H,26,27). The molecule has 160 valence electrons. The van der Waals surface area contributed by atoms with Crippen molar-refractivity contribution in [2.75, 3.05) is 47.4 Å². The normalized spacial score (nSPS) is 27.2. The number of carbonyl (C=O) groups excluding carboxylic acids is 1. The molecule has 1 aromatic carbocycles. The maximum atomic E-state index is 13.0. The van der Waals surface area contributed by atoms with Crippen LogP contribution in [0.3, 0.4) is 0 Å². The lowest BCUT2D eigenvalue weighted by Gasteiger charge is -2.51. The van der Waals surface area contributed by atoms with Crippen molar-refractivity contribution in [3.05, 3.63) is 35.9 Å². The third kappa shape index (κ3) is 4.12. The van der Waals surface area contributed by atoms with Crippen LogP contribution >= 0.6 is 0 Å². The largest absolute Gasteiger partial charge is 0.480 e. The van der Waals surface area contributed by atoms with E-state index in [1.165, 1.54) is 10.5 Å². The van der Waals surface area contributed by atoms with E-state index in [2.05, 4.69) is 43.3 Å². The first-order valence-corrected chi connectivity index (χ1v) is 10.3. The molecule has 1 heterocycles. The van der Waals surface area contributed by atoms with E-state index in [4.69, 9.17) is 4.74 Å². The number of nitrogens with zero attached hydrogens (tertiary/aromatic N) is 3. The quantitative estimate of drug-likeness (QED) is 0.676. The van der Waals surface area contributed by atoms with Crippen LogP contribution in [0.15, 0.2) is 30.3 Å². The third-order valence-corrected chi connectivity index (χ3v) is 6.79. The highest BCUT2D eigenvalue weighted by Crippen LogP contribution is 2.48. The lowest BCUT2D eigenvalue weighted by atomic mass is 9.68. The molecule has 7 nitrogen and oxygen atoms in total. The first-order chi connectivity index (χ1) is 13.8. The Bertz CT molecular complexity index is 714. The van der Waals surface area contributed by atoms with Gasteiger partial charge in [-0.1, -0.05) is 30.3 Å². The molecule has 0 unspecified atom stereocenters. The Morgan fingerprint density at radius 3 is 2.38 bits per heavy atom. The van der Waals surface area contributed by atoms with Gasteiger partial charge in [-0.2, -0.15) is 0 Å². The van der Waals surface area contributed by atoms with Crippen molar-refractivity contribution < 1.29 is 19.4 Å². The molecule has 1 spiro atoms. The number of hydrogen-bond acceptors (Lipinski definition) is 4. The fourth-order valence-electron chi connectivity index (χ4n) is 5.17. The number of carboxylic acids is 1. The Hall–Kier alpha value is -2.12. The number of carboxylic acid groups (broad SMARTS) is 1. The molecule has 0 aromatic heterocycles. The molecular weight excluding hydrogens is 370 g/mol. The summed E-state index contributed by atoms with van der Waals surface area (Å²) in [5.74, 6) is -0.963. The maximum absolute atomic E-state index is 13.0. The van der Waals surface area contributed by atoms with Crippen molar-refractivity contribution in [2.45, 2.75) is 43.2 Å². The highest BCUT2D eigenvalue weighted by Gasteiger charge is 2.54. The van der Waals surface area contributed by atoms with Crippen LogP contribution in [0.4, 0.5) is 4.79 Å². The fourth-order valence-corrected chi connectivity index (χ4v) is 5.17. The van der Waals surface area contributed by atoms with Gasteiger partial charge in [-0.25, -0.2) is 4.79 Å². The number of ether oxygens (including phenoxy) is 1. The molecule has 2 amide bonds. The number of carbonyl (C=O) groups is 2. The summed E-state index contributed by atoms with van der Waals surface area (Å²) in [6, 6.07) is 10.4. The van der Waals surface area contributed by atoms with E-state index in [1.54, 1.807) is 7.11 Å². The Morgan fingerprint density at radius 1 is 1.17 bits per heavy atom. The number of aliphatic carboxylic acids is 1. The minimum Gasteiger partial charge on any atom is -0.480 e. The van der Waals surface area contributed by atoms with Gasteiger partial charge in [0.1, 0.15) is 6.54 Å². The van der Waals surface area contributed by atoms with E-state index >= 15 is 0 Å². The number of hydrogen-bond donors (Lipinski definition) is 1. The summed E-state index contributed by atoms with van der Waals surface area (Å²) in [6.45, 7) is 1.44. The average Bonchev–Trinajstić information content (AvgIpc) is 2.94. The van der Waals surface area contributed by atoms with E-state index in [0.29, 0.717) is 19.7 Å². The summed E-state index contributed by atoms with van der Waals surface area (Å²) in [4.78, 5) is 30.0. The minimum atomic E-state index is -0.963. The zero-order chi connectivity index (χ0) is 21.1. The Labute approximate surface area is 173 Å². The molecule has 1 saturated carbocycles. The van der Waals surface area contributed by atoms with E-state index in [1.807, 2.05) is 11.0 Å². The smallest absolute Gasteiger partial charge is 0.323 e. The van der Waals surface area contributed by atoms with Crippen molar-refractivity contribution in [3.63, 3.8) is 0 Å². The van der Waals surface area contributed by atoms with Gasteiger partial charge in [-0.3, -0.25) is 9.69 Å². The number of rotatable bonds is 8. The van der Waals surface area contributed by atoms with Crippen molar-refractivity contribution in [2.24, 2.45) is 0 Å². The minimum absolute atomic E-state index is 0.0615. The molecule has 29 heavy (non-hydrogen) atoms. The van der Waals surface area contributed by atoms with Crippen molar-refractivity contribution in [1.82, 2.24) is 14.7 Å². The monoisotopic (exact) mass is 403 g/mol. The summed E-state index contributed by atoms with van der Waals surface area (Å²) < 4.78 is 5.17. The van der Waals surface area contributed by atoms with E-state index in [9.17, 15) is 14.7 Å². The summed E-state index contributed by atoms with van der Waals surface area (Å²) in [5, 5.41) is 9.24. The predicted molar refractivity (Wildman–Crippen MR) is 111 cm³/mol. The molecule has 1 aliphatic heterocycles. The van der Waals surface area contributed by atoms with Crippen molar-refractivity contribution in [3.8, 4) is 0 Å². The van der Waals surface area contributed by atoms with Crippen LogP contribution in [0.5, 0.6) is 0 Å². The van der Waals surface area contributed by atoms with Gasteiger partial charge >= 0.3 is 12.0 Å². The average molecular weight is 404 g/mol. The van der Waals surface area contributed by atoms with Gasteiger partial charge in [-0.05, 0) is 51.8 Å². The Kier molecular flexibility index (Phi) is 6.49. The van der Waals surface area contributed by atoms with E-state index < -0.39 is 5.97 Å². The Morgan fingerprint density at radius 2 is 1.83 bits per heavy atom. The molecule has 2 fully saturated rings. The highest BCUT2D eigenvalue weighted by molar-refractivity contribution is 5.83. The van der Waals surface area contributed by atoms with Crippen molar-refractivity contribution >= 4 is 12.0 Å². The van der Waals surface area contributed by atoms with Gasteiger partial charge in [0.2, 0.25) is 0 Å². The third-order valence-electron chi connectivity index (χ3n) is 6.79. The summed E-state index contributed by atoms with van der Waals surface area (Å²) in [7, 11) is 5.90. The van der Waals surface area contributed by atoms with E-state index in [-0.39, 0.29) is 23.7 Å². The number of urea groups is 1. The second-order valence-electron chi connectivity index (χ2n) is 8.55. The van der Waals surface area contributed by atoms with Gasteiger partial charge in [-0.15, -0.1) is 0 Å². The van der Waals surface area contributed by atoms with E-state index in [0.717, 1.165) is 32.1 Å². The summed E-state index contributed by atoms with van der Waals surface area (Å²) >= 11 is 0. The first-order valence-electron chi connectivity index (χ1n) is 10.3. The molecule has 1 saturated heterocycles. The molecular formula is C22H33N3O4. The predicted octanol–water partition coefficient (Wildman–Crippen LogP) is 2.62. The molecule has 2 aliphatic rings. The molecule has 1 aromatic rings. The van der Waals surface area contributed by atoms with Gasteiger partial charge in [0.15, 0.2) is 0 Å². The number of methoxy groups -OCH3 is 1. The zero-order valence-corrected chi connectivity index (χ0v) is 17.8. The van der Waals surface area contributed by atoms with Gasteiger partial charge in [0.05, 0.1) is 5.54 Å². The second-order valence-corrected chi connectivity index (χ2v) is 8.55. The van der Waals surface area contributed by atoms with Crippen LogP contribution in [-0.2, 0) is 15.1 Å². The van der Waals surface area contributed by atoms with Gasteiger partial charge in [0, 0.05) is 32.3 Å². The van der Waals surface area contributed by atoms with Gasteiger partial charge in [0.25, 0.3) is 0 Å². The van der Waals surface area contributed by atoms with Crippen LogP contribution < -0.4 is 0 Å². The van der Waals surface area contributed by atoms with Crippen molar-refractivity contribution in [1.29, 1.82) is 0 Å². The number of amides is 2. The zero-order valence-electron chi connectivity index (χ0n) is 17.8. The lowest BCUT2D eigenvalue weighted by molar-refractivity contribution is -0.137. The fraction of sp³-hybridized carbons (Fsp3) is 0.636. The summed E-state index contributed by atoms with van der Waals surface area (Å²) in [6.07, 6.45) is 4.32. The SMILES string of the molecule is COCCCN1C(=O)N(CC(=O)O)CC12CCC(c1ccccc1)(N(C)C)CC2. The second kappa shape index (κ2) is 8.71. The van der Waals surface area contributed by atoms with Crippen LogP contribution in [0.1, 0.15) is 37.7 Å². The highest BCUT2D eigenvalue weighted by atomic mass is 16.5. The van der Waals surface area contributed by atoms with Gasteiger partial charge < -0.3 is 19.6 Å². The molecule has 7 heteroatoms. The lowest BCUT2D eigenvalue weighted by Crippen LogP contribution is -2.55.